The number of hydrogen-bond donors (Lipinski definition) is 2. The number of carbonyl (C=O) groups is 2. The molecule has 0 saturated carbocycles. The van der Waals surface area contributed by atoms with Crippen molar-refractivity contribution < 1.29 is 19.1 Å². The molecule has 2 aromatic carbocycles. The molecule has 150 valence electrons. The Kier molecular flexibility index (Phi) is 7.44. The van der Waals surface area contributed by atoms with Crippen LogP contribution in [0.3, 0.4) is 0 Å². The lowest BCUT2D eigenvalue weighted by Crippen LogP contribution is -2.47. The van der Waals surface area contributed by atoms with Crippen molar-refractivity contribution in [2.24, 2.45) is 5.92 Å². The quantitative estimate of drug-likeness (QED) is 0.728. The van der Waals surface area contributed by atoms with Crippen LogP contribution in [0.1, 0.15) is 36.7 Å². The van der Waals surface area contributed by atoms with E-state index in [0.29, 0.717) is 22.7 Å². The molecule has 0 radical (unpaired) electrons. The Morgan fingerprint density at radius 3 is 2.00 bits per heavy atom. The van der Waals surface area contributed by atoms with Gasteiger partial charge in [-0.3, -0.25) is 9.59 Å². The van der Waals surface area contributed by atoms with Crippen LogP contribution >= 0.6 is 0 Å². The maximum absolute atomic E-state index is 12.7. The van der Waals surface area contributed by atoms with Gasteiger partial charge in [0.1, 0.15) is 17.5 Å². The summed E-state index contributed by atoms with van der Waals surface area (Å²) >= 11 is 0. The van der Waals surface area contributed by atoms with Crippen LogP contribution in [0, 0.1) is 5.92 Å². The fraction of sp³-hybridized carbons (Fsp3) is 0.364. The predicted octanol–water partition coefficient (Wildman–Crippen LogP) is 3.66. The number of aryl methyl sites for hydroxylation is 1. The number of carbonyl (C=O) groups excluding carboxylic acids is 2. The van der Waals surface area contributed by atoms with Crippen molar-refractivity contribution in [2.75, 3.05) is 19.5 Å². The zero-order chi connectivity index (χ0) is 20.7. The number of methoxy groups -OCH3 is 2. The first kappa shape index (κ1) is 21.3. The van der Waals surface area contributed by atoms with Crippen molar-refractivity contribution in [1.29, 1.82) is 0 Å². The molecule has 1 unspecified atom stereocenters. The molecule has 0 aromatic heterocycles. The molecule has 0 aliphatic carbocycles. The number of amides is 2. The molecule has 1 atom stereocenters. The molecule has 0 bridgehead atoms. The minimum atomic E-state index is -0.685. The maximum Gasteiger partial charge on any atom is 0.252 e. The van der Waals surface area contributed by atoms with Crippen LogP contribution in [0.25, 0.3) is 0 Å². The molecule has 0 aliphatic heterocycles. The number of anilines is 1. The topological polar surface area (TPSA) is 76.7 Å². The SMILES string of the molecule is CCc1ccc(NC(=O)C(NC(=O)c2cc(OC)cc(OC)c2)C(C)C)cc1. The highest BCUT2D eigenvalue weighted by Gasteiger charge is 2.25. The molecule has 0 fully saturated rings. The van der Waals surface area contributed by atoms with Gasteiger partial charge in [0.05, 0.1) is 14.2 Å². The Bertz CT molecular complexity index is 794. The van der Waals surface area contributed by atoms with E-state index in [0.717, 1.165) is 6.42 Å². The van der Waals surface area contributed by atoms with Crippen LogP contribution in [-0.4, -0.2) is 32.1 Å². The Morgan fingerprint density at radius 2 is 1.54 bits per heavy atom. The van der Waals surface area contributed by atoms with Crippen molar-refractivity contribution >= 4 is 17.5 Å². The fourth-order valence-corrected chi connectivity index (χ4v) is 2.74. The molecule has 6 heteroatoms. The van der Waals surface area contributed by atoms with Crippen LogP contribution in [0.5, 0.6) is 11.5 Å². The number of hydrogen-bond acceptors (Lipinski definition) is 4. The molecule has 28 heavy (non-hydrogen) atoms. The number of nitrogens with one attached hydrogen (secondary N) is 2. The second-order valence-corrected chi connectivity index (χ2v) is 6.84. The zero-order valence-corrected chi connectivity index (χ0v) is 17.0. The van der Waals surface area contributed by atoms with Crippen LogP contribution in [0.15, 0.2) is 42.5 Å². The van der Waals surface area contributed by atoms with Crippen LogP contribution < -0.4 is 20.1 Å². The maximum atomic E-state index is 12.7. The Labute approximate surface area is 166 Å². The van der Waals surface area contributed by atoms with E-state index in [1.54, 1.807) is 18.2 Å². The second kappa shape index (κ2) is 9.78. The Morgan fingerprint density at radius 1 is 0.964 bits per heavy atom. The monoisotopic (exact) mass is 384 g/mol. The summed E-state index contributed by atoms with van der Waals surface area (Å²) in [6.45, 7) is 5.85. The van der Waals surface area contributed by atoms with Gasteiger partial charge in [-0.05, 0) is 42.2 Å². The van der Waals surface area contributed by atoms with E-state index in [2.05, 4.69) is 17.6 Å². The largest absolute Gasteiger partial charge is 0.497 e. The van der Waals surface area contributed by atoms with Crippen LogP contribution in [0.4, 0.5) is 5.69 Å². The summed E-state index contributed by atoms with van der Waals surface area (Å²) in [6, 6.07) is 11.9. The fourth-order valence-electron chi connectivity index (χ4n) is 2.74. The highest BCUT2D eigenvalue weighted by molar-refractivity contribution is 6.01. The molecule has 0 spiro atoms. The van der Waals surface area contributed by atoms with E-state index in [9.17, 15) is 9.59 Å². The van der Waals surface area contributed by atoms with Gasteiger partial charge in [-0.15, -0.1) is 0 Å². The lowest BCUT2D eigenvalue weighted by molar-refractivity contribution is -0.118. The highest BCUT2D eigenvalue weighted by Crippen LogP contribution is 2.23. The van der Waals surface area contributed by atoms with E-state index in [4.69, 9.17) is 9.47 Å². The lowest BCUT2D eigenvalue weighted by Gasteiger charge is -2.22. The number of rotatable bonds is 8. The third-order valence-electron chi connectivity index (χ3n) is 4.48. The van der Waals surface area contributed by atoms with E-state index in [1.165, 1.54) is 19.8 Å². The summed E-state index contributed by atoms with van der Waals surface area (Å²) in [7, 11) is 3.04. The average molecular weight is 384 g/mol. The van der Waals surface area contributed by atoms with Gasteiger partial charge in [-0.1, -0.05) is 32.9 Å². The van der Waals surface area contributed by atoms with Crippen LogP contribution in [0.2, 0.25) is 0 Å². The van der Waals surface area contributed by atoms with Crippen molar-refractivity contribution in [3.63, 3.8) is 0 Å². The standard InChI is InChI=1S/C22H28N2O4/c1-6-15-7-9-17(10-8-15)23-22(26)20(14(2)3)24-21(25)16-11-18(27-4)13-19(12-16)28-5/h7-14,20H,6H2,1-5H3,(H,23,26)(H,24,25). The highest BCUT2D eigenvalue weighted by atomic mass is 16.5. The van der Waals surface area contributed by atoms with E-state index in [1.807, 2.05) is 38.1 Å². The van der Waals surface area contributed by atoms with Gasteiger partial charge >= 0.3 is 0 Å². The molecule has 6 nitrogen and oxygen atoms in total. The smallest absolute Gasteiger partial charge is 0.252 e. The first-order chi connectivity index (χ1) is 13.4. The minimum Gasteiger partial charge on any atom is -0.497 e. The summed E-state index contributed by atoms with van der Waals surface area (Å²) < 4.78 is 10.4. The van der Waals surface area contributed by atoms with Crippen molar-refractivity contribution in [1.82, 2.24) is 5.32 Å². The summed E-state index contributed by atoms with van der Waals surface area (Å²) in [4.78, 5) is 25.5. The molecule has 2 rings (SSSR count). The normalized spacial score (nSPS) is 11.6. The van der Waals surface area contributed by atoms with Gasteiger partial charge in [-0.2, -0.15) is 0 Å². The number of ether oxygens (including phenoxy) is 2. The molecular formula is C22H28N2O4. The minimum absolute atomic E-state index is 0.0913. The van der Waals surface area contributed by atoms with Crippen molar-refractivity contribution in [3.8, 4) is 11.5 Å². The third kappa shape index (κ3) is 5.49. The third-order valence-corrected chi connectivity index (χ3v) is 4.48. The summed E-state index contributed by atoms with van der Waals surface area (Å²) in [5, 5.41) is 5.69. The van der Waals surface area contributed by atoms with Crippen molar-refractivity contribution in [2.45, 2.75) is 33.2 Å². The van der Waals surface area contributed by atoms with E-state index < -0.39 is 6.04 Å². The zero-order valence-electron chi connectivity index (χ0n) is 17.0. The Hall–Kier alpha value is -3.02. The number of benzene rings is 2. The Balaban J connectivity index is 2.14. The van der Waals surface area contributed by atoms with E-state index in [-0.39, 0.29) is 17.7 Å². The molecule has 2 aromatic rings. The molecule has 0 aliphatic rings. The molecule has 0 heterocycles. The average Bonchev–Trinajstić information content (AvgIpc) is 2.71. The van der Waals surface area contributed by atoms with Crippen LogP contribution in [-0.2, 0) is 11.2 Å². The molecule has 0 saturated heterocycles. The molecular weight excluding hydrogens is 356 g/mol. The van der Waals surface area contributed by atoms with Gasteiger partial charge in [0, 0.05) is 17.3 Å². The second-order valence-electron chi connectivity index (χ2n) is 6.84. The molecule has 2 amide bonds. The van der Waals surface area contributed by atoms with Gasteiger partial charge < -0.3 is 20.1 Å². The first-order valence-corrected chi connectivity index (χ1v) is 9.31. The lowest BCUT2D eigenvalue weighted by atomic mass is 10.0. The first-order valence-electron chi connectivity index (χ1n) is 9.31. The van der Waals surface area contributed by atoms with Gasteiger partial charge in [-0.25, -0.2) is 0 Å². The van der Waals surface area contributed by atoms with E-state index >= 15 is 0 Å². The van der Waals surface area contributed by atoms with Crippen molar-refractivity contribution in [3.05, 3.63) is 53.6 Å². The van der Waals surface area contributed by atoms with Gasteiger partial charge in [0.2, 0.25) is 5.91 Å². The van der Waals surface area contributed by atoms with Gasteiger partial charge in [0.25, 0.3) is 5.91 Å². The predicted molar refractivity (Wildman–Crippen MR) is 110 cm³/mol. The van der Waals surface area contributed by atoms with Gasteiger partial charge in [0.15, 0.2) is 0 Å². The summed E-state index contributed by atoms with van der Waals surface area (Å²) in [6.07, 6.45) is 0.933. The summed E-state index contributed by atoms with van der Waals surface area (Å²) in [5.41, 5.74) is 2.26. The molecule has 2 N–H and O–H groups in total. The summed E-state index contributed by atoms with van der Waals surface area (Å²) in [5.74, 6) is 0.290.